The van der Waals surface area contributed by atoms with Crippen molar-refractivity contribution in [3.8, 4) is 10.6 Å². The van der Waals surface area contributed by atoms with Gasteiger partial charge in [-0.3, -0.25) is 0 Å². The lowest BCUT2D eigenvalue weighted by Gasteiger charge is -2.05. The standard InChI is InChI=1S/C15H19N3O2S/c1-11-13(10-17-15(20)16-8-5-9-19)21-14(18-11)12-6-3-2-4-7-12/h2-4,6-7,19H,5,8-10H2,1H3,(H2,16,17,20). The molecule has 6 heteroatoms. The highest BCUT2D eigenvalue weighted by atomic mass is 32.1. The minimum Gasteiger partial charge on any atom is -0.396 e. The number of hydrogen-bond acceptors (Lipinski definition) is 4. The molecule has 0 aliphatic carbocycles. The van der Waals surface area contributed by atoms with Gasteiger partial charge in [0.2, 0.25) is 0 Å². The molecule has 1 heterocycles. The molecule has 3 N–H and O–H groups in total. The highest BCUT2D eigenvalue weighted by Gasteiger charge is 2.10. The van der Waals surface area contributed by atoms with E-state index in [1.807, 2.05) is 37.3 Å². The number of aliphatic hydroxyl groups excluding tert-OH is 1. The van der Waals surface area contributed by atoms with E-state index in [-0.39, 0.29) is 12.6 Å². The second-order valence-corrected chi connectivity index (χ2v) is 5.66. The molecule has 2 aromatic rings. The van der Waals surface area contributed by atoms with Crippen molar-refractivity contribution in [3.05, 3.63) is 40.9 Å². The molecule has 112 valence electrons. The smallest absolute Gasteiger partial charge is 0.315 e. The Morgan fingerprint density at radius 3 is 2.76 bits per heavy atom. The fourth-order valence-electron chi connectivity index (χ4n) is 1.80. The number of aliphatic hydroxyl groups is 1. The molecule has 21 heavy (non-hydrogen) atoms. The summed E-state index contributed by atoms with van der Waals surface area (Å²) in [6.45, 7) is 2.96. The van der Waals surface area contributed by atoms with Crippen molar-refractivity contribution in [1.82, 2.24) is 15.6 Å². The fourth-order valence-corrected chi connectivity index (χ4v) is 2.81. The Bertz CT molecular complexity index is 584. The molecule has 0 spiro atoms. The lowest BCUT2D eigenvalue weighted by atomic mass is 10.2. The van der Waals surface area contributed by atoms with E-state index in [0.717, 1.165) is 21.1 Å². The fraction of sp³-hybridized carbons (Fsp3) is 0.333. The van der Waals surface area contributed by atoms with Crippen LogP contribution in [0.2, 0.25) is 0 Å². The first kappa shape index (κ1) is 15.5. The number of benzene rings is 1. The molecule has 5 nitrogen and oxygen atoms in total. The van der Waals surface area contributed by atoms with Gasteiger partial charge in [0.05, 0.1) is 12.2 Å². The number of urea groups is 1. The highest BCUT2D eigenvalue weighted by molar-refractivity contribution is 7.15. The number of carbonyl (C=O) groups is 1. The third-order valence-corrected chi connectivity index (χ3v) is 4.15. The minimum atomic E-state index is -0.225. The minimum absolute atomic E-state index is 0.0780. The summed E-state index contributed by atoms with van der Waals surface area (Å²) in [4.78, 5) is 17.2. The largest absolute Gasteiger partial charge is 0.396 e. The van der Waals surface area contributed by atoms with Crippen molar-refractivity contribution in [1.29, 1.82) is 0 Å². The number of nitrogens with zero attached hydrogens (tertiary/aromatic N) is 1. The van der Waals surface area contributed by atoms with Crippen LogP contribution < -0.4 is 10.6 Å². The molecule has 0 unspecified atom stereocenters. The van der Waals surface area contributed by atoms with Gasteiger partial charge in [-0.2, -0.15) is 0 Å². The number of aromatic nitrogens is 1. The predicted molar refractivity (Wildman–Crippen MR) is 84.2 cm³/mol. The first-order chi connectivity index (χ1) is 10.2. The van der Waals surface area contributed by atoms with E-state index in [1.165, 1.54) is 0 Å². The first-order valence-electron chi connectivity index (χ1n) is 6.85. The summed E-state index contributed by atoms with van der Waals surface area (Å²) in [6.07, 6.45) is 0.561. The van der Waals surface area contributed by atoms with Gasteiger partial charge >= 0.3 is 6.03 Å². The molecule has 0 atom stereocenters. The summed E-state index contributed by atoms with van der Waals surface area (Å²) < 4.78 is 0. The van der Waals surface area contributed by atoms with Crippen LogP contribution >= 0.6 is 11.3 Å². The molecule has 0 saturated heterocycles. The van der Waals surface area contributed by atoms with Crippen molar-refractivity contribution in [2.45, 2.75) is 19.9 Å². The van der Waals surface area contributed by atoms with E-state index >= 15 is 0 Å². The highest BCUT2D eigenvalue weighted by Crippen LogP contribution is 2.27. The number of amides is 2. The lowest BCUT2D eigenvalue weighted by molar-refractivity contribution is 0.238. The Morgan fingerprint density at radius 1 is 1.29 bits per heavy atom. The van der Waals surface area contributed by atoms with Crippen LogP contribution in [0.3, 0.4) is 0 Å². The zero-order chi connectivity index (χ0) is 15.1. The molecule has 1 aromatic heterocycles. The summed E-state index contributed by atoms with van der Waals surface area (Å²) in [5, 5.41) is 15.1. The molecule has 2 amide bonds. The van der Waals surface area contributed by atoms with Crippen LogP contribution in [0.25, 0.3) is 10.6 Å². The SMILES string of the molecule is Cc1nc(-c2ccccc2)sc1CNC(=O)NCCCO. The van der Waals surface area contributed by atoms with Gasteiger partial charge in [0.15, 0.2) is 0 Å². The van der Waals surface area contributed by atoms with Crippen molar-refractivity contribution in [3.63, 3.8) is 0 Å². The summed E-state index contributed by atoms with van der Waals surface area (Å²) in [5.41, 5.74) is 2.03. The second kappa shape index (κ2) is 7.75. The van der Waals surface area contributed by atoms with Crippen LogP contribution in [0.4, 0.5) is 4.79 Å². The average molecular weight is 305 g/mol. The van der Waals surface area contributed by atoms with E-state index < -0.39 is 0 Å². The number of rotatable bonds is 6. The van der Waals surface area contributed by atoms with Gasteiger partial charge < -0.3 is 15.7 Å². The zero-order valence-electron chi connectivity index (χ0n) is 11.9. The Labute approximate surface area is 128 Å². The van der Waals surface area contributed by atoms with Gasteiger partial charge in [-0.25, -0.2) is 9.78 Å². The van der Waals surface area contributed by atoms with Crippen molar-refractivity contribution in [2.75, 3.05) is 13.2 Å². The Kier molecular flexibility index (Phi) is 5.71. The normalized spacial score (nSPS) is 10.4. The Morgan fingerprint density at radius 2 is 2.05 bits per heavy atom. The van der Waals surface area contributed by atoms with Crippen LogP contribution in [-0.2, 0) is 6.54 Å². The molecule has 0 aliphatic heterocycles. The lowest BCUT2D eigenvalue weighted by Crippen LogP contribution is -2.35. The quantitative estimate of drug-likeness (QED) is 0.717. The maximum Gasteiger partial charge on any atom is 0.315 e. The van der Waals surface area contributed by atoms with Gasteiger partial charge in [-0.05, 0) is 13.3 Å². The van der Waals surface area contributed by atoms with Crippen molar-refractivity contribution in [2.24, 2.45) is 0 Å². The molecule has 0 saturated carbocycles. The summed E-state index contributed by atoms with van der Waals surface area (Å²) in [6, 6.07) is 9.77. The third-order valence-electron chi connectivity index (χ3n) is 2.94. The monoisotopic (exact) mass is 305 g/mol. The number of hydrogen-bond donors (Lipinski definition) is 3. The van der Waals surface area contributed by atoms with E-state index in [1.54, 1.807) is 11.3 Å². The molecule has 0 radical (unpaired) electrons. The predicted octanol–water partition coefficient (Wildman–Crippen LogP) is 2.30. The van der Waals surface area contributed by atoms with Gasteiger partial charge in [-0.15, -0.1) is 11.3 Å². The van der Waals surface area contributed by atoms with Crippen LogP contribution in [0.15, 0.2) is 30.3 Å². The van der Waals surface area contributed by atoms with Crippen LogP contribution in [0.1, 0.15) is 17.0 Å². The third kappa shape index (κ3) is 4.54. The van der Waals surface area contributed by atoms with Crippen molar-refractivity contribution >= 4 is 17.4 Å². The van der Waals surface area contributed by atoms with Crippen LogP contribution in [0, 0.1) is 6.92 Å². The van der Waals surface area contributed by atoms with Gasteiger partial charge in [0, 0.05) is 23.6 Å². The second-order valence-electron chi connectivity index (χ2n) is 4.58. The van der Waals surface area contributed by atoms with Gasteiger partial charge in [-0.1, -0.05) is 30.3 Å². The summed E-state index contributed by atoms with van der Waals surface area (Å²) in [5.74, 6) is 0. The van der Waals surface area contributed by atoms with Gasteiger partial charge in [0.1, 0.15) is 5.01 Å². The molecule has 0 bridgehead atoms. The van der Waals surface area contributed by atoms with Crippen LogP contribution in [-0.4, -0.2) is 29.3 Å². The number of nitrogens with one attached hydrogen (secondary N) is 2. The van der Waals surface area contributed by atoms with E-state index in [9.17, 15) is 4.79 Å². The molecule has 1 aromatic carbocycles. The number of carbonyl (C=O) groups excluding carboxylic acids is 1. The summed E-state index contributed by atoms with van der Waals surface area (Å²) >= 11 is 1.59. The summed E-state index contributed by atoms with van der Waals surface area (Å²) in [7, 11) is 0. The van der Waals surface area contributed by atoms with E-state index in [4.69, 9.17) is 5.11 Å². The molecule has 0 fully saturated rings. The van der Waals surface area contributed by atoms with E-state index in [0.29, 0.717) is 19.5 Å². The van der Waals surface area contributed by atoms with Gasteiger partial charge in [0.25, 0.3) is 0 Å². The zero-order valence-corrected chi connectivity index (χ0v) is 12.7. The molecular formula is C15H19N3O2S. The maximum absolute atomic E-state index is 11.6. The maximum atomic E-state index is 11.6. The molecule has 2 rings (SSSR count). The van der Waals surface area contributed by atoms with Crippen LogP contribution in [0.5, 0.6) is 0 Å². The van der Waals surface area contributed by atoms with Crippen molar-refractivity contribution < 1.29 is 9.90 Å². The molecule has 0 aliphatic rings. The average Bonchev–Trinajstić information content (AvgIpc) is 2.87. The topological polar surface area (TPSA) is 74.2 Å². The number of aryl methyl sites for hydroxylation is 1. The van der Waals surface area contributed by atoms with E-state index in [2.05, 4.69) is 15.6 Å². The molecular weight excluding hydrogens is 286 g/mol. The first-order valence-corrected chi connectivity index (χ1v) is 7.66. The Hall–Kier alpha value is -1.92. The number of thiazole rings is 1. The Balaban J connectivity index is 1.93.